The molecule has 0 radical (unpaired) electrons. The largest absolute Gasteiger partial charge is 0.423 e. The van der Waals surface area contributed by atoms with Gasteiger partial charge >= 0.3 is 36.1 Å². The highest BCUT2D eigenvalue weighted by Crippen LogP contribution is 2.46. The molecule has 0 saturated heterocycles. The fourth-order valence-corrected chi connectivity index (χ4v) is 13.1. The molecule has 12 nitrogen and oxygen atoms in total. The molecule has 8 rings (SSSR count). The molecule has 8 aromatic rings. The minimum atomic E-state index is -0.0375. The number of hydrogen-bond acceptors (Lipinski definition) is 12. The molecule has 0 amide bonds. The lowest BCUT2D eigenvalue weighted by atomic mass is 10.3. The summed E-state index contributed by atoms with van der Waals surface area (Å²) in [6, 6.07) is 21.3. The van der Waals surface area contributed by atoms with E-state index in [0.717, 1.165) is 53.7 Å². The van der Waals surface area contributed by atoms with Crippen LogP contribution in [0.4, 0.5) is 0 Å². The quantitative estimate of drug-likeness (QED) is 0.108. The molecule has 0 bridgehead atoms. The minimum absolute atomic E-state index is 0.0375. The predicted molar refractivity (Wildman–Crippen MR) is 337 cm³/mol. The molecule has 0 aliphatic heterocycles. The molecule has 0 aliphatic carbocycles. The minimum Gasteiger partial charge on any atom is -0.423 e. The number of benzene rings is 6. The van der Waals surface area contributed by atoms with E-state index in [1.54, 1.807) is 36.4 Å². The van der Waals surface area contributed by atoms with Crippen molar-refractivity contribution in [3.8, 4) is 70.6 Å². The van der Waals surface area contributed by atoms with Gasteiger partial charge in [0.15, 0.2) is 0 Å². The molecular formula is C42H12Br18N6O6. The van der Waals surface area contributed by atoms with E-state index < -0.39 is 0 Å². The molecule has 2 aromatic heterocycles. The first-order valence-corrected chi connectivity index (χ1v) is 32.8. The van der Waals surface area contributed by atoms with E-state index in [1.165, 1.54) is 0 Å². The van der Waals surface area contributed by atoms with Gasteiger partial charge in [-0.25, -0.2) is 0 Å². The van der Waals surface area contributed by atoms with Crippen LogP contribution >= 0.6 is 287 Å². The lowest BCUT2D eigenvalue weighted by Crippen LogP contribution is -2.02. The molecule has 30 heteroatoms. The van der Waals surface area contributed by atoms with E-state index >= 15 is 0 Å². The second-order valence-corrected chi connectivity index (χ2v) is 27.7. The number of halogens is 18. The number of aromatic nitrogens is 6. The third kappa shape index (κ3) is 15.2. The van der Waals surface area contributed by atoms with Crippen molar-refractivity contribution in [2.24, 2.45) is 0 Å². The number of ether oxygens (including phenoxy) is 6. The number of rotatable bonds is 12. The van der Waals surface area contributed by atoms with Crippen LogP contribution in [0, 0.1) is 0 Å². The summed E-state index contributed by atoms with van der Waals surface area (Å²) in [5.74, 6) is 2.80. The molecule has 72 heavy (non-hydrogen) atoms. The summed E-state index contributed by atoms with van der Waals surface area (Å²) in [6.07, 6.45) is 0. The molecule has 6 aromatic carbocycles. The Labute approximate surface area is 559 Å². The molecular weight excluding hydrogens is 2120 g/mol. The van der Waals surface area contributed by atoms with Gasteiger partial charge in [-0.1, -0.05) is 0 Å². The van der Waals surface area contributed by atoms with E-state index in [0.29, 0.717) is 61.3 Å². The molecule has 0 aliphatic rings. The highest BCUT2D eigenvalue weighted by molar-refractivity contribution is 9.16. The van der Waals surface area contributed by atoms with Gasteiger partial charge in [0.25, 0.3) is 0 Å². The van der Waals surface area contributed by atoms with E-state index in [-0.39, 0.29) is 36.1 Å². The van der Waals surface area contributed by atoms with Crippen LogP contribution in [-0.4, -0.2) is 29.9 Å². The van der Waals surface area contributed by atoms with Gasteiger partial charge in [-0.15, -0.1) is 29.9 Å². The monoisotopic (exact) mass is 2120 g/mol. The average molecular weight is 2130 g/mol. The first kappa shape index (κ1) is 60.4. The van der Waals surface area contributed by atoms with E-state index in [1.807, 2.05) is 36.4 Å². The Balaban J connectivity index is 0.000000211. The molecule has 0 saturated carbocycles. The molecule has 0 atom stereocenters. The van der Waals surface area contributed by atoms with Gasteiger partial charge < -0.3 is 28.4 Å². The van der Waals surface area contributed by atoms with Gasteiger partial charge in [-0.05, 0) is 360 Å². The van der Waals surface area contributed by atoms with Crippen molar-refractivity contribution in [1.82, 2.24) is 29.9 Å². The van der Waals surface area contributed by atoms with E-state index in [9.17, 15) is 0 Å². The second kappa shape index (κ2) is 27.3. The van der Waals surface area contributed by atoms with Crippen LogP contribution in [0.15, 0.2) is 153 Å². The lowest BCUT2D eigenvalue weighted by molar-refractivity contribution is 0.358. The predicted octanol–water partition coefficient (Wildman–Crippen LogP) is 24.2. The van der Waals surface area contributed by atoms with Gasteiger partial charge in [-0.2, -0.15) is 0 Å². The molecule has 0 fully saturated rings. The van der Waals surface area contributed by atoms with Crippen LogP contribution < -0.4 is 28.4 Å². The highest BCUT2D eigenvalue weighted by atomic mass is 79.9. The van der Waals surface area contributed by atoms with Crippen LogP contribution in [0.25, 0.3) is 0 Å². The summed E-state index contributed by atoms with van der Waals surface area (Å²) in [7, 11) is 0. The molecule has 0 N–H and O–H groups in total. The Morgan fingerprint density at radius 2 is 0.306 bits per heavy atom. The standard InChI is InChI=1S/2C21H6Br9N3O3/c2*22-7-1-4-10(16(28)13(7)25)34-19-31-20(35-11-5-2-8(23)14(26)17(11)29)33-21(32-19)36-12-6-3-9(24)15(27)18(12)30/h2*1-6H. The maximum Gasteiger partial charge on any atom is 0.331 e. The Morgan fingerprint density at radius 3 is 0.431 bits per heavy atom. The van der Waals surface area contributed by atoms with Gasteiger partial charge in [0.05, 0.1) is 26.8 Å². The third-order valence-electron chi connectivity index (χ3n) is 8.35. The normalized spacial score (nSPS) is 10.9. The Kier molecular flexibility index (Phi) is 22.9. The van der Waals surface area contributed by atoms with Gasteiger partial charge in [-0.3, -0.25) is 0 Å². The van der Waals surface area contributed by atoms with Crippen molar-refractivity contribution >= 4 is 287 Å². The smallest absolute Gasteiger partial charge is 0.331 e. The second-order valence-electron chi connectivity index (χ2n) is 13.0. The highest BCUT2D eigenvalue weighted by Gasteiger charge is 2.22. The SMILES string of the molecule is Brc1ccc(Oc2nc(Oc3ccc(Br)c(Br)c3Br)nc(Oc3ccc(Br)c(Br)c3Br)n2)c(Br)c1Br.Brc1ccc(Oc2nc(Oc3ccc(Br)c(Br)c3Br)nc(Oc3ccc(Br)c(Br)c3Br)n2)c(Br)c1Br. The third-order valence-corrected chi connectivity index (χ3v) is 28.4. The van der Waals surface area contributed by atoms with Crippen molar-refractivity contribution in [3.05, 3.63) is 153 Å². The summed E-state index contributed by atoms with van der Waals surface area (Å²) in [5, 5.41) is 0. The van der Waals surface area contributed by atoms with Gasteiger partial charge in [0.2, 0.25) is 0 Å². The fraction of sp³-hybridized carbons (Fsp3) is 0. The summed E-state index contributed by atoms with van der Waals surface area (Å²) in [4.78, 5) is 26.0. The first-order chi connectivity index (χ1) is 34.1. The van der Waals surface area contributed by atoms with Crippen molar-refractivity contribution < 1.29 is 28.4 Å². The zero-order valence-electron chi connectivity index (χ0n) is 33.9. The molecule has 372 valence electrons. The Bertz CT molecular complexity index is 2820. The zero-order chi connectivity index (χ0) is 52.3. The molecule has 2 heterocycles. The summed E-state index contributed by atoms with van der Waals surface area (Å²) < 4.78 is 49.6. The number of nitrogens with zero attached hydrogens (tertiary/aromatic N) is 6. The van der Waals surface area contributed by atoms with Crippen molar-refractivity contribution in [3.63, 3.8) is 0 Å². The topological polar surface area (TPSA) is 133 Å². The van der Waals surface area contributed by atoms with Gasteiger partial charge in [0, 0.05) is 53.7 Å². The average Bonchev–Trinajstić information content (AvgIpc) is 3.35. The van der Waals surface area contributed by atoms with Crippen LogP contribution in [0.1, 0.15) is 0 Å². The lowest BCUT2D eigenvalue weighted by Gasteiger charge is -2.13. The van der Waals surface area contributed by atoms with E-state index in [2.05, 4.69) is 317 Å². The summed E-state index contributed by atoms with van der Waals surface area (Å²) in [6.45, 7) is 0. The van der Waals surface area contributed by atoms with Crippen LogP contribution in [0.2, 0.25) is 0 Å². The van der Waals surface area contributed by atoms with E-state index in [4.69, 9.17) is 28.4 Å². The first-order valence-electron chi connectivity index (χ1n) is 18.5. The molecule has 0 unspecified atom stereocenters. The molecule has 0 spiro atoms. The van der Waals surface area contributed by atoms with Crippen LogP contribution in [-0.2, 0) is 0 Å². The van der Waals surface area contributed by atoms with Crippen LogP contribution in [0.5, 0.6) is 70.6 Å². The van der Waals surface area contributed by atoms with Gasteiger partial charge in [0.1, 0.15) is 34.5 Å². The fourth-order valence-electron chi connectivity index (χ4n) is 5.03. The van der Waals surface area contributed by atoms with Crippen molar-refractivity contribution in [2.45, 2.75) is 0 Å². The summed E-state index contributed by atoms with van der Waals surface area (Å²) >= 11 is 62.8. The maximum absolute atomic E-state index is 5.97. The zero-order valence-corrected chi connectivity index (χ0v) is 62.4. The maximum atomic E-state index is 5.97. The Morgan fingerprint density at radius 1 is 0.181 bits per heavy atom. The summed E-state index contributed by atoms with van der Waals surface area (Å²) in [5.41, 5.74) is 0. The van der Waals surface area contributed by atoms with Crippen molar-refractivity contribution in [2.75, 3.05) is 0 Å². The number of hydrogen-bond donors (Lipinski definition) is 0. The van der Waals surface area contributed by atoms with Crippen molar-refractivity contribution in [1.29, 1.82) is 0 Å². The van der Waals surface area contributed by atoms with Crippen LogP contribution in [0.3, 0.4) is 0 Å². The Hall–Kier alpha value is 0.780.